The van der Waals surface area contributed by atoms with E-state index in [9.17, 15) is 0 Å². The van der Waals surface area contributed by atoms with Gasteiger partial charge in [0.25, 0.3) is 0 Å². The van der Waals surface area contributed by atoms with Crippen molar-refractivity contribution in [2.24, 2.45) is 4.99 Å². The molecule has 0 saturated heterocycles. The number of rotatable bonds is 4. The van der Waals surface area contributed by atoms with Crippen LogP contribution >= 0.6 is 0 Å². The smallest absolute Gasteiger partial charge is 0.191 e. The average Bonchev–Trinajstić information content (AvgIpc) is 3.01. The maximum atomic E-state index is 4.45. The highest BCUT2D eigenvalue weighted by Gasteiger charge is 2.17. The SMILES string of the molecule is Cc1ccccc1C(Cc1cccnc1)NC1=NCCN1. The van der Waals surface area contributed by atoms with E-state index in [1.165, 1.54) is 16.7 Å². The van der Waals surface area contributed by atoms with Crippen molar-refractivity contribution in [1.82, 2.24) is 15.6 Å². The van der Waals surface area contributed by atoms with Crippen molar-refractivity contribution in [2.75, 3.05) is 13.1 Å². The number of aryl methyl sites for hydroxylation is 1. The van der Waals surface area contributed by atoms with Crippen LogP contribution in [0.25, 0.3) is 0 Å². The number of pyridine rings is 1. The minimum atomic E-state index is 0.194. The number of aliphatic imine (C=N–C) groups is 1. The van der Waals surface area contributed by atoms with Crippen LogP contribution in [0.2, 0.25) is 0 Å². The average molecular weight is 280 g/mol. The third-order valence-corrected chi connectivity index (χ3v) is 3.71. The van der Waals surface area contributed by atoms with Gasteiger partial charge in [0.05, 0.1) is 12.6 Å². The van der Waals surface area contributed by atoms with E-state index in [2.05, 4.69) is 57.9 Å². The molecule has 0 fully saturated rings. The molecule has 21 heavy (non-hydrogen) atoms. The molecule has 0 spiro atoms. The molecule has 0 saturated carbocycles. The second kappa shape index (κ2) is 6.39. The van der Waals surface area contributed by atoms with Gasteiger partial charge in [0.1, 0.15) is 0 Å². The summed E-state index contributed by atoms with van der Waals surface area (Å²) >= 11 is 0. The largest absolute Gasteiger partial charge is 0.355 e. The van der Waals surface area contributed by atoms with Crippen LogP contribution in [-0.2, 0) is 6.42 Å². The van der Waals surface area contributed by atoms with E-state index < -0.39 is 0 Å². The number of aromatic nitrogens is 1. The Morgan fingerprint density at radius 3 is 2.86 bits per heavy atom. The Hall–Kier alpha value is -2.36. The lowest BCUT2D eigenvalue weighted by Crippen LogP contribution is -2.37. The van der Waals surface area contributed by atoms with Crippen molar-refractivity contribution in [1.29, 1.82) is 0 Å². The Morgan fingerprint density at radius 2 is 2.14 bits per heavy atom. The Kier molecular flexibility index (Phi) is 4.15. The molecule has 1 aromatic heterocycles. The van der Waals surface area contributed by atoms with Crippen molar-refractivity contribution in [2.45, 2.75) is 19.4 Å². The van der Waals surface area contributed by atoms with Crippen LogP contribution in [0.5, 0.6) is 0 Å². The van der Waals surface area contributed by atoms with E-state index in [0.717, 1.165) is 25.5 Å². The molecule has 0 radical (unpaired) electrons. The van der Waals surface area contributed by atoms with E-state index in [4.69, 9.17) is 0 Å². The Labute approximate surface area is 125 Å². The fourth-order valence-corrected chi connectivity index (χ4v) is 2.63. The normalized spacial score (nSPS) is 15.2. The summed E-state index contributed by atoms with van der Waals surface area (Å²) in [6, 6.07) is 12.8. The van der Waals surface area contributed by atoms with Crippen LogP contribution in [0.15, 0.2) is 53.8 Å². The van der Waals surface area contributed by atoms with Crippen LogP contribution in [0, 0.1) is 6.92 Å². The van der Waals surface area contributed by atoms with Crippen molar-refractivity contribution in [3.05, 3.63) is 65.5 Å². The maximum Gasteiger partial charge on any atom is 0.191 e. The van der Waals surface area contributed by atoms with Crippen molar-refractivity contribution in [3.8, 4) is 0 Å². The van der Waals surface area contributed by atoms with Crippen LogP contribution in [0.3, 0.4) is 0 Å². The van der Waals surface area contributed by atoms with Gasteiger partial charge in [-0.3, -0.25) is 9.98 Å². The summed E-state index contributed by atoms with van der Waals surface area (Å²) in [5, 5.41) is 6.82. The number of hydrogen-bond donors (Lipinski definition) is 2. The molecule has 1 aromatic carbocycles. The van der Waals surface area contributed by atoms with E-state index in [-0.39, 0.29) is 6.04 Å². The summed E-state index contributed by atoms with van der Waals surface area (Å²) in [6.07, 6.45) is 4.62. The lowest BCUT2D eigenvalue weighted by atomic mass is 9.96. The van der Waals surface area contributed by atoms with E-state index in [1.807, 2.05) is 18.5 Å². The highest BCUT2D eigenvalue weighted by Crippen LogP contribution is 2.21. The molecule has 2 aromatic rings. The monoisotopic (exact) mass is 280 g/mol. The molecule has 2 heterocycles. The molecule has 3 rings (SSSR count). The third kappa shape index (κ3) is 3.40. The zero-order chi connectivity index (χ0) is 14.5. The van der Waals surface area contributed by atoms with Gasteiger partial charge in [-0.25, -0.2) is 0 Å². The molecular weight excluding hydrogens is 260 g/mol. The third-order valence-electron chi connectivity index (χ3n) is 3.71. The molecule has 1 unspecified atom stereocenters. The molecule has 0 amide bonds. The lowest BCUT2D eigenvalue weighted by Gasteiger charge is -2.22. The number of guanidine groups is 1. The first-order valence-corrected chi connectivity index (χ1v) is 7.32. The zero-order valence-electron chi connectivity index (χ0n) is 12.2. The topological polar surface area (TPSA) is 49.3 Å². The molecule has 1 atom stereocenters. The Bertz CT molecular complexity index is 622. The first-order chi connectivity index (χ1) is 10.3. The van der Waals surface area contributed by atoms with Crippen molar-refractivity contribution in [3.63, 3.8) is 0 Å². The quantitative estimate of drug-likeness (QED) is 0.903. The summed E-state index contributed by atoms with van der Waals surface area (Å²) in [5.41, 5.74) is 3.81. The molecular formula is C17H20N4. The van der Waals surface area contributed by atoms with E-state index in [1.54, 1.807) is 0 Å². The van der Waals surface area contributed by atoms with Crippen molar-refractivity contribution >= 4 is 5.96 Å². The number of nitrogens with one attached hydrogen (secondary N) is 2. The maximum absolute atomic E-state index is 4.45. The van der Waals surface area contributed by atoms with Crippen LogP contribution < -0.4 is 10.6 Å². The summed E-state index contributed by atoms with van der Waals surface area (Å²) in [7, 11) is 0. The minimum Gasteiger partial charge on any atom is -0.355 e. The first kappa shape index (κ1) is 13.6. The van der Waals surface area contributed by atoms with Gasteiger partial charge in [-0.1, -0.05) is 30.3 Å². The minimum absolute atomic E-state index is 0.194. The number of nitrogens with zero attached hydrogens (tertiary/aromatic N) is 2. The second-order valence-electron chi connectivity index (χ2n) is 5.28. The van der Waals surface area contributed by atoms with Crippen LogP contribution in [-0.4, -0.2) is 24.0 Å². The Morgan fingerprint density at radius 1 is 1.24 bits per heavy atom. The molecule has 4 nitrogen and oxygen atoms in total. The number of hydrogen-bond acceptors (Lipinski definition) is 4. The molecule has 108 valence electrons. The van der Waals surface area contributed by atoms with Gasteiger partial charge in [0.15, 0.2) is 5.96 Å². The Balaban J connectivity index is 1.85. The first-order valence-electron chi connectivity index (χ1n) is 7.32. The van der Waals surface area contributed by atoms with Gasteiger partial charge in [-0.05, 0) is 36.1 Å². The van der Waals surface area contributed by atoms with Crippen molar-refractivity contribution < 1.29 is 0 Å². The molecule has 4 heteroatoms. The molecule has 0 bridgehead atoms. The predicted molar refractivity (Wildman–Crippen MR) is 85.3 cm³/mol. The van der Waals surface area contributed by atoms with Crippen LogP contribution in [0.4, 0.5) is 0 Å². The molecule has 1 aliphatic heterocycles. The van der Waals surface area contributed by atoms with Gasteiger partial charge in [0, 0.05) is 18.9 Å². The second-order valence-corrected chi connectivity index (χ2v) is 5.28. The zero-order valence-corrected chi connectivity index (χ0v) is 12.2. The highest BCUT2D eigenvalue weighted by molar-refractivity contribution is 5.81. The fraction of sp³-hybridized carbons (Fsp3) is 0.294. The summed E-state index contributed by atoms with van der Waals surface area (Å²) in [6.45, 7) is 3.91. The van der Waals surface area contributed by atoms with E-state index in [0.29, 0.717) is 0 Å². The van der Waals surface area contributed by atoms with Gasteiger partial charge in [0.2, 0.25) is 0 Å². The van der Waals surface area contributed by atoms with Gasteiger partial charge in [-0.15, -0.1) is 0 Å². The predicted octanol–water partition coefficient (Wildman–Crippen LogP) is 2.22. The lowest BCUT2D eigenvalue weighted by molar-refractivity contribution is 0.629. The van der Waals surface area contributed by atoms with E-state index >= 15 is 0 Å². The highest BCUT2D eigenvalue weighted by atomic mass is 15.2. The van der Waals surface area contributed by atoms with Gasteiger partial charge < -0.3 is 10.6 Å². The summed E-state index contributed by atoms with van der Waals surface area (Å²) in [5.74, 6) is 0.896. The fourth-order valence-electron chi connectivity index (χ4n) is 2.63. The molecule has 0 aliphatic carbocycles. The standard InChI is InChI=1S/C17H20N4/c1-13-5-2-3-7-15(13)16(21-17-19-9-10-20-17)11-14-6-4-8-18-12-14/h2-8,12,16H,9-11H2,1H3,(H2,19,20,21). The molecule has 2 N–H and O–H groups in total. The summed E-state index contributed by atoms with van der Waals surface area (Å²) < 4.78 is 0. The van der Waals surface area contributed by atoms with Gasteiger partial charge in [-0.2, -0.15) is 0 Å². The molecule has 1 aliphatic rings. The van der Waals surface area contributed by atoms with Crippen LogP contribution in [0.1, 0.15) is 22.7 Å². The summed E-state index contributed by atoms with van der Waals surface area (Å²) in [4.78, 5) is 8.66. The number of benzene rings is 1. The van der Waals surface area contributed by atoms with Gasteiger partial charge >= 0.3 is 0 Å².